The third kappa shape index (κ3) is 6.12. The molecule has 15 heteroatoms. The Balaban J connectivity index is 1.27. The largest absolute Gasteiger partial charge is 0.479 e. The van der Waals surface area contributed by atoms with E-state index in [1.165, 1.54) is 0 Å². The smallest absolute Gasteiger partial charge is 0.397 e. The molecule has 49 heavy (non-hydrogen) atoms. The average molecular weight is 719 g/mol. The van der Waals surface area contributed by atoms with Crippen molar-refractivity contribution in [2.24, 2.45) is 46.3 Å². The first kappa shape index (κ1) is 37.5. The van der Waals surface area contributed by atoms with Gasteiger partial charge >= 0.3 is 16.4 Å². The predicted octanol–water partition coefficient (Wildman–Crippen LogP) is 1.42. The minimum absolute atomic E-state index is 0.000452. The summed E-state index contributed by atoms with van der Waals surface area (Å²) < 4.78 is 57.7. The van der Waals surface area contributed by atoms with E-state index in [1.54, 1.807) is 6.92 Å². The molecule has 0 spiro atoms. The zero-order valence-corrected chi connectivity index (χ0v) is 29.8. The van der Waals surface area contributed by atoms with Gasteiger partial charge in [0.2, 0.25) is 0 Å². The zero-order chi connectivity index (χ0) is 36.2. The summed E-state index contributed by atoms with van der Waals surface area (Å²) >= 11 is 0. The van der Waals surface area contributed by atoms with E-state index in [2.05, 4.69) is 19.9 Å². The van der Waals surface area contributed by atoms with Crippen molar-refractivity contribution in [3.63, 3.8) is 0 Å². The quantitative estimate of drug-likeness (QED) is 0.107. The van der Waals surface area contributed by atoms with Crippen molar-refractivity contribution in [2.45, 2.75) is 147 Å². The van der Waals surface area contributed by atoms with Crippen molar-refractivity contribution in [2.75, 3.05) is 0 Å². The van der Waals surface area contributed by atoms with Crippen LogP contribution < -0.4 is 0 Å². The Morgan fingerprint density at radius 1 is 1.00 bits per heavy atom. The number of hydrogen-bond donors (Lipinski definition) is 7. The van der Waals surface area contributed by atoms with Crippen molar-refractivity contribution in [1.82, 2.24) is 0 Å². The van der Waals surface area contributed by atoms with Crippen molar-refractivity contribution in [3.8, 4) is 0 Å². The van der Waals surface area contributed by atoms with Gasteiger partial charge in [-0.1, -0.05) is 46.3 Å². The van der Waals surface area contributed by atoms with E-state index in [4.69, 9.17) is 18.4 Å². The van der Waals surface area contributed by atoms with Crippen LogP contribution in [0, 0.1) is 46.3 Å². The fourth-order valence-corrected chi connectivity index (χ4v) is 11.5. The molecule has 0 bridgehead atoms. The maximum atomic E-state index is 12.2. The molecule has 2 aliphatic heterocycles. The minimum atomic E-state index is -4.87. The number of aliphatic hydroxyl groups is 5. The average Bonchev–Trinajstić information content (AvgIpc) is 3.46. The molecule has 0 radical (unpaired) electrons. The number of aliphatic carboxylic acids is 1. The van der Waals surface area contributed by atoms with E-state index in [0.717, 1.165) is 5.57 Å². The lowest BCUT2D eigenvalue weighted by atomic mass is 9.47. The minimum Gasteiger partial charge on any atom is -0.479 e. The molecule has 18 atom stereocenters. The van der Waals surface area contributed by atoms with Gasteiger partial charge in [0, 0.05) is 5.92 Å². The van der Waals surface area contributed by atoms with Gasteiger partial charge in [0.05, 0.1) is 30.0 Å². The number of ether oxygens (including phenoxy) is 3. The molecule has 2 heterocycles. The summed E-state index contributed by atoms with van der Waals surface area (Å²) in [6, 6.07) is 0. The molecule has 8 unspecified atom stereocenters. The van der Waals surface area contributed by atoms with Crippen LogP contribution in [-0.4, -0.2) is 116 Å². The van der Waals surface area contributed by atoms with Crippen LogP contribution >= 0.6 is 0 Å². The molecular weight excluding hydrogens is 664 g/mol. The molecule has 14 nitrogen and oxygen atoms in total. The van der Waals surface area contributed by atoms with Crippen molar-refractivity contribution >= 4 is 16.4 Å². The van der Waals surface area contributed by atoms with Gasteiger partial charge in [-0.3, -0.25) is 4.55 Å². The summed E-state index contributed by atoms with van der Waals surface area (Å²) in [4.78, 5) is 11.6. The molecule has 2 saturated heterocycles. The van der Waals surface area contributed by atoms with Crippen LogP contribution in [0.5, 0.6) is 0 Å². The van der Waals surface area contributed by atoms with Gasteiger partial charge in [-0.05, 0) is 85.9 Å². The van der Waals surface area contributed by atoms with E-state index in [1.807, 2.05) is 20.8 Å². The first-order valence-corrected chi connectivity index (χ1v) is 19.0. The second-order valence-electron chi connectivity index (χ2n) is 16.8. The molecule has 5 fully saturated rings. The summed E-state index contributed by atoms with van der Waals surface area (Å²) in [5, 5.41) is 63.7. The van der Waals surface area contributed by atoms with Crippen LogP contribution in [0.25, 0.3) is 0 Å². The molecule has 0 aromatic carbocycles. The van der Waals surface area contributed by atoms with Crippen LogP contribution in [0.3, 0.4) is 0 Å². The van der Waals surface area contributed by atoms with Crippen LogP contribution in [0.15, 0.2) is 11.6 Å². The Labute approximate surface area is 287 Å². The summed E-state index contributed by atoms with van der Waals surface area (Å²) in [6.07, 6.45) is -7.38. The first-order chi connectivity index (χ1) is 22.6. The number of hydrogen-bond acceptors (Lipinski definition) is 12. The van der Waals surface area contributed by atoms with Gasteiger partial charge < -0.3 is 44.8 Å². The maximum Gasteiger partial charge on any atom is 0.397 e. The van der Waals surface area contributed by atoms with Crippen LogP contribution in [0.1, 0.15) is 80.1 Å². The number of allylic oxidation sites excluding steroid dienone is 2. The molecular formula is C34H54O14S. The maximum absolute atomic E-state index is 12.2. The second kappa shape index (κ2) is 12.7. The van der Waals surface area contributed by atoms with Gasteiger partial charge in [0.1, 0.15) is 24.4 Å². The highest BCUT2D eigenvalue weighted by Gasteiger charge is 2.70. The molecule has 7 N–H and O–H groups in total. The Morgan fingerprint density at radius 2 is 1.67 bits per heavy atom. The van der Waals surface area contributed by atoms with Gasteiger partial charge in [-0.15, -0.1) is 0 Å². The molecule has 4 aliphatic carbocycles. The van der Waals surface area contributed by atoms with Crippen molar-refractivity contribution in [3.05, 3.63) is 11.6 Å². The monoisotopic (exact) mass is 718 g/mol. The summed E-state index contributed by atoms with van der Waals surface area (Å²) in [6.45, 7) is 12.0. The van der Waals surface area contributed by atoms with E-state index in [0.29, 0.717) is 25.7 Å². The first-order valence-electron chi connectivity index (χ1n) is 17.6. The van der Waals surface area contributed by atoms with Crippen molar-refractivity contribution < 1.29 is 66.8 Å². The predicted molar refractivity (Wildman–Crippen MR) is 171 cm³/mol. The third-order valence-corrected chi connectivity index (χ3v) is 14.3. The summed E-state index contributed by atoms with van der Waals surface area (Å²) in [5.41, 5.74) is -1.14. The van der Waals surface area contributed by atoms with Crippen LogP contribution in [0.4, 0.5) is 0 Å². The lowest BCUT2D eigenvalue weighted by Crippen LogP contribution is -2.61. The molecule has 3 saturated carbocycles. The standard InChI is InChI=1S/C34H54O14S/c1-14(2)15(3)23(35)29-34(6,41)28-22(46-29)13-19-17-12-21(48-49(42,43)44)20-11-16(7-9-32(20,4)18(17)8-10-33(19,28)5)45-31-26(38)24(36)25(37)27(47-31)30(39)40/h8,14-17,19-29,31,35-38,41H,7,9-13H2,1-6H3,(H,39,40)(H,42,43,44)/t15-,16+,17?,19?,20?,21+,22+,23+,24?,25?,26?,27?,28+,29+,31?,32-,33+,34-/m1/s1. The Bertz CT molecular complexity index is 1420. The highest BCUT2D eigenvalue weighted by atomic mass is 32.3. The molecule has 6 aliphatic rings. The van der Waals surface area contributed by atoms with E-state index < -0.39 is 93.8 Å². The zero-order valence-electron chi connectivity index (χ0n) is 29.0. The summed E-state index contributed by atoms with van der Waals surface area (Å²) in [7, 11) is -4.87. The van der Waals surface area contributed by atoms with E-state index in [9.17, 15) is 48.4 Å². The fourth-order valence-electron chi connectivity index (χ4n) is 11.0. The lowest BCUT2D eigenvalue weighted by molar-refractivity contribution is -0.309. The number of rotatable bonds is 8. The number of carboxylic acids is 1. The third-order valence-electron chi connectivity index (χ3n) is 13.8. The van der Waals surface area contributed by atoms with Gasteiger partial charge in [0.15, 0.2) is 12.4 Å². The Hall–Kier alpha value is -1.24. The molecule has 0 amide bonds. The van der Waals surface area contributed by atoms with Gasteiger partial charge in [-0.2, -0.15) is 8.42 Å². The fraction of sp³-hybridized carbons (Fsp3) is 0.912. The van der Waals surface area contributed by atoms with Gasteiger partial charge in [0.25, 0.3) is 0 Å². The van der Waals surface area contributed by atoms with E-state index in [-0.39, 0.29) is 48.5 Å². The van der Waals surface area contributed by atoms with Gasteiger partial charge in [-0.25, -0.2) is 8.98 Å². The number of carbonyl (C=O) groups is 1. The van der Waals surface area contributed by atoms with Crippen molar-refractivity contribution in [1.29, 1.82) is 0 Å². The van der Waals surface area contributed by atoms with E-state index >= 15 is 0 Å². The molecule has 6 rings (SSSR count). The summed E-state index contributed by atoms with van der Waals surface area (Å²) in [5.74, 6) is -2.31. The molecule has 0 aromatic heterocycles. The molecule has 0 aromatic rings. The Morgan fingerprint density at radius 3 is 2.29 bits per heavy atom. The number of aliphatic hydroxyl groups excluding tert-OH is 4. The van der Waals surface area contributed by atoms with Crippen LogP contribution in [-0.2, 0) is 33.6 Å². The molecule has 280 valence electrons. The number of fused-ring (bicyclic) bond motifs is 7. The highest BCUT2D eigenvalue weighted by Crippen LogP contribution is 2.69. The number of carboxylic acid groups (broad SMARTS) is 1. The van der Waals surface area contributed by atoms with Crippen LogP contribution in [0.2, 0.25) is 0 Å². The topological polar surface area (TPSA) is 230 Å². The lowest BCUT2D eigenvalue weighted by Gasteiger charge is -2.59. The normalized spacial score (nSPS) is 50.9. The SMILES string of the molecule is CC(C)[C@@H](C)[C@H](O)[C@@H]1O[C@H]2CC3C4C[C@H](OS(=O)(=O)O)C5C[C@@H](OC6OC(C(=O)O)C(O)C(O)C6O)CC[C@]5(C)C4=CC[C@]3(C)[C@H]2[C@@]1(C)O. The second-order valence-corrected chi connectivity index (χ2v) is 17.8. The highest BCUT2D eigenvalue weighted by molar-refractivity contribution is 7.80. The Kier molecular flexibility index (Phi) is 9.73.